The molecule has 0 aromatic heterocycles. The van der Waals surface area contributed by atoms with Gasteiger partial charge in [0.1, 0.15) is 23.7 Å². The molecule has 0 bridgehead atoms. The number of carbonyl (C=O) groups excluding carboxylic acids is 1. The van der Waals surface area contributed by atoms with Gasteiger partial charge in [-0.15, -0.1) is 0 Å². The Hall–Kier alpha value is -3.05. The lowest BCUT2D eigenvalue weighted by Crippen LogP contribution is -2.36. The predicted molar refractivity (Wildman–Crippen MR) is 130 cm³/mol. The molecule has 3 nitrogen and oxygen atoms in total. The maximum Gasteiger partial charge on any atom is 0.124 e. The van der Waals surface area contributed by atoms with Crippen LogP contribution in [0.4, 0.5) is 8.78 Å². The first-order chi connectivity index (χ1) is 16.6. The van der Waals surface area contributed by atoms with Gasteiger partial charge in [0, 0.05) is 18.9 Å². The maximum absolute atomic E-state index is 13.5. The second-order valence-corrected chi connectivity index (χ2v) is 8.98. The predicted octanol–water partition coefficient (Wildman–Crippen LogP) is 6.02. The van der Waals surface area contributed by atoms with Gasteiger partial charge in [-0.25, -0.2) is 8.78 Å². The van der Waals surface area contributed by atoms with Gasteiger partial charge in [0.05, 0.1) is 6.61 Å². The highest BCUT2D eigenvalue weighted by molar-refractivity contribution is 5.55. The SMILES string of the molecule is O=CCc1ccc(OCCCN2CCC(C(c3ccc(F)cc3)c3ccc(F)cc3)CC2)cc1. The van der Waals surface area contributed by atoms with Crippen LogP contribution in [0.25, 0.3) is 0 Å². The van der Waals surface area contributed by atoms with Gasteiger partial charge in [-0.3, -0.25) is 0 Å². The summed E-state index contributed by atoms with van der Waals surface area (Å²) in [7, 11) is 0. The Morgan fingerprint density at radius 3 is 1.94 bits per heavy atom. The van der Waals surface area contributed by atoms with Crippen molar-refractivity contribution < 1.29 is 18.3 Å². The number of aldehydes is 1. The molecular formula is C29H31F2NO2. The number of piperidine rings is 1. The van der Waals surface area contributed by atoms with Crippen molar-refractivity contribution in [1.82, 2.24) is 4.90 Å². The molecule has 3 aromatic carbocycles. The second-order valence-electron chi connectivity index (χ2n) is 8.98. The molecule has 1 fully saturated rings. The van der Waals surface area contributed by atoms with E-state index in [-0.39, 0.29) is 17.6 Å². The van der Waals surface area contributed by atoms with Crippen molar-refractivity contribution in [2.24, 2.45) is 5.92 Å². The third-order valence-electron chi connectivity index (χ3n) is 6.69. The average molecular weight is 464 g/mol. The molecule has 0 radical (unpaired) electrons. The zero-order chi connectivity index (χ0) is 23.8. The minimum absolute atomic E-state index is 0.133. The van der Waals surface area contributed by atoms with E-state index in [0.717, 1.165) is 67.6 Å². The van der Waals surface area contributed by atoms with Crippen LogP contribution < -0.4 is 4.74 Å². The average Bonchev–Trinajstić information content (AvgIpc) is 2.86. The van der Waals surface area contributed by atoms with Gasteiger partial charge >= 0.3 is 0 Å². The Morgan fingerprint density at radius 1 is 0.853 bits per heavy atom. The first kappa shape index (κ1) is 24.1. The standard InChI is InChI=1S/C29H31F2NO2/c30-26-8-4-23(5-9-26)29(24-6-10-27(31)11-7-24)25-14-18-32(19-15-25)17-1-21-34-28-12-2-22(3-13-28)16-20-33/h2-13,20,25,29H,1,14-19,21H2. The van der Waals surface area contributed by atoms with Gasteiger partial charge in [0.15, 0.2) is 0 Å². The van der Waals surface area contributed by atoms with Crippen LogP contribution in [-0.4, -0.2) is 37.4 Å². The molecule has 3 aromatic rings. The molecule has 4 rings (SSSR count). The lowest BCUT2D eigenvalue weighted by Gasteiger charge is -2.36. The zero-order valence-electron chi connectivity index (χ0n) is 19.3. The van der Waals surface area contributed by atoms with Gasteiger partial charge in [0.2, 0.25) is 0 Å². The molecule has 178 valence electrons. The van der Waals surface area contributed by atoms with Gasteiger partial charge in [-0.05, 0) is 91.4 Å². The van der Waals surface area contributed by atoms with Crippen molar-refractivity contribution in [2.45, 2.75) is 31.6 Å². The van der Waals surface area contributed by atoms with Crippen molar-refractivity contribution in [1.29, 1.82) is 0 Å². The van der Waals surface area contributed by atoms with Crippen LogP contribution in [0.1, 0.15) is 41.9 Å². The molecule has 1 heterocycles. The Morgan fingerprint density at radius 2 is 1.41 bits per heavy atom. The minimum atomic E-state index is -0.240. The van der Waals surface area contributed by atoms with Crippen molar-refractivity contribution in [3.63, 3.8) is 0 Å². The van der Waals surface area contributed by atoms with E-state index in [1.165, 1.54) is 24.3 Å². The summed E-state index contributed by atoms with van der Waals surface area (Å²) in [6.07, 6.45) is 4.36. The lowest BCUT2D eigenvalue weighted by atomic mass is 9.76. The van der Waals surface area contributed by atoms with Crippen LogP contribution in [0, 0.1) is 17.6 Å². The van der Waals surface area contributed by atoms with E-state index < -0.39 is 0 Å². The lowest BCUT2D eigenvalue weighted by molar-refractivity contribution is -0.107. The minimum Gasteiger partial charge on any atom is -0.494 e. The molecule has 0 atom stereocenters. The first-order valence-corrected chi connectivity index (χ1v) is 12.0. The maximum atomic E-state index is 13.5. The largest absolute Gasteiger partial charge is 0.494 e. The smallest absolute Gasteiger partial charge is 0.124 e. The van der Waals surface area contributed by atoms with E-state index in [1.54, 1.807) is 0 Å². The number of rotatable bonds is 10. The number of benzene rings is 3. The second kappa shape index (κ2) is 11.9. The summed E-state index contributed by atoms with van der Waals surface area (Å²) in [5, 5.41) is 0. The van der Waals surface area contributed by atoms with Crippen LogP contribution in [0.15, 0.2) is 72.8 Å². The normalized spacial score (nSPS) is 14.9. The Kier molecular flexibility index (Phi) is 8.42. The Bertz CT molecular complexity index is 982. The topological polar surface area (TPSA) is 29.5 Å². The summed E-state index contributed by atoms with van der Waals surface area (Å²) in [5.41, 5.74) is 3.16. The molecule has 1 aliphatic heterocycles. The van der Waals surface area contributed by atoms with Crippen molar-refractivity contribution in [3.8, 4) is 5.75 Å². The van der Waals surface area contributed by atoms with Gasteiger partial charge in [0.25, 0.3) is 0 Å². The number of hydrogen-bond donors (Lipinski definition) is 0. The van der Waals surface area contributed by atoms with Crippen LogP contribution in [-0.2, 0) is 11.2 Å². The van der Waals surface area contributed by atoms with Gasteiger partial charge in [-0.2, -0.15) is 0 Å². The summed E-state index contributed by atoms with van der Waals surface area (Å²) >= 11 is 0. The summed E-state index contributed by atoms with van der Waals surface area (Å²) < 4.78 is 32.9. The molecule has 0 aliphatic carbocycles. The summed E-state index contributed by atoms with van der Waals surface area (Å²) in [6, 6.07) is 21.2. The monoisotopic (exact) mass is 463 g/mol. The summed E-state index contributed by atoms with van der Waals surface area (Å²) in [4.78, 5) is 13.1. The molecule has 34 heavy (non-hydrogen) atoms. The fourth-order valence-corrected chi connectivity index (χ4v) is 4.88. The quantitative estimate of drug-likeness (QED) is 0.272. The summed E-state index contributed by atoms with van der Waals surface area (Å²) in [6.45, 7) is 3.64. The molecule has 0 amide bonds. The Labute approximate surface area is 200 Å². The van der Waals surface area contributed by atoms with Crippen molar-refractivity contribution >= 4 is 6.29 Å². The van der Waals surface area contributed by atoms with E-state index >= 15 is 0 Å². The fourth-order valence-electron chi connectivity index (χ4n) is 4.88. The number of hydrogen-bond acceptors (Lipinski definition) is 3. The first-order valence-electron chi connectivity index (χ1n) is 12.0. The molecule has 1 aliphatic rings. The van der Waals surface area contributed by atoms with E-state index in [1.807, 2.05) is 48.5 Å². The van der Waals surface area contributed by atoms with Crippen molar-refractivity contribution in [3.05, 3.63) is 101 Å². The van der Waals surface area contributed by atoms with Crippen molar-refractivity contribution in [2.75, 3.05) is 26.2 Å². The summed E-state index contributed by atoms with van der Waals surface area (Å²) in [5.74, 6) is 0.906. The number of ether oxygens (including phenoxy) is 1. The number of halogens is 2. The molecular weight excluding hydrogens is 432 g/mol. The van der Waals surface area contributed by atoms with Crippen LogP contribution in [0.2, 0.25) is 0 Å². The van der Waals surface area contributed by atoms with Crippen LogP contribution in [0.3, 0.4) is 0 Å². The Balaban J connectivity index is 1.28. The third-order valence-corrected chi connectivity index (χ3v) is 6.69. The zero-order valence-corrected chi connectivity index (χ0v) is 19.3. The third kappa shape index (κ3) is 6.51. The van der Waals surface area contributed by atoms with E-state index in [2.05, 4.69) is 4.90 Å². The van der Waals surface area contributed by atoms with E-state index in [0.29, 0.717) is 18.9 Å². The number of nitrogens with zero attached hydrogens (tertiary/aromatic N) is 1. The molecule has 0 saturated carbocycles. The molecule has 0 N–H and O–H groups in total. The number of likely N-dealkylation sites (tertiary alicyclic amines) is 1. The molecule has 1 saturated heterocycles. The molecule has 5 heteroatoms. The molecule has 0 unspecified atom stereocenters. The van der Waals surface area contributed by atoms with Crippen LogP contribution >= 0.6 is 0 Å². The highest BCUT2D eigenvalue weighted by Gasteiger charge is 2.29. The number of carbonyl (C=O) groups is 1. The highest BCUT2D eigenvalue weighted by Crippen LogP contribution is 2.38. The van der Waals surface area contributed by atoms with Crippen LogP contribution in [0.5, 0.6) is 5.75 Å². The fraction of sp³-hybridized carbons (Fsp3) is 0.345. The highest BCUT2D eigenvalue weighted by atomic mass is 19.1. The molecule has 0 spiro atoms. The van der Waals surface area contributed by atoms with Gasteiger partial charge in [-0.1, -0.05) is 36.4 Å². The van der Waals surface area contributed by atoms with Gasteiger partial charge < -0.3 is 14.4 Å². The van der Waals surface area contributed by atoms with E-state index in [4.69, 9.17) is 4.74 Å². The van der Waals surface area contributed by atoms with E-state index in [9.17, 15) is 13.6 Å².